The van der Waals surface area contributed by atoms with Gasteiger partial charge in [-0.2, -0.15) is 0 Å². The van der Waals surface area contributed by atoms with Gasteiger partial charge in [-0.15, -0.1) is 11.3 Å². The highest BCUT2D eigenvalue weighted by molar-refractivity contribution is 7.19. The molecule has 0 bridgehead atoms. The number of aromatic nitrogens is 1. The molecule has 2 aromatic carbocycles. The van der Waals surface area contributed by atoms with E-state index in [1.165, 1.54) is 40.6 Å². The molecule has 5 unspecified atom stereocenters. The lowest BCUT2D eigenvalue weighted by Gasteiger charge is -2.69. The molecule has 3 fully saturated rings. The normalized spacial score (nSPS) is 28.8. The van der Waals surface area contributed by atoms with E-state index in [0.29, 0.717) is 36.6 Å². The van der Waals surface area contributed by atoms with Gasteiger partial charge < -0.3 is 19.6 Å². The SMILES string of the molecule is COc1cccc2sc(C3CC4N(CC(O)COc5cccc6[nH]ccc56)C5CCC54C3)cc12. The zero-order chi connectivity index (χ0) is 22.9. The highest BCUT2D eigenvalue weighted by Crippen LogP contribution is 2.68. The zero-order valence-corrected chi connectivity index (χ0v) is 20.2. The van der Waals surface area contributed by atoms with E-state index in [1.807, 2.05) is 41.8 Å². The number of β-amino-alcohol motifs (C(OH)–C–C–N with tert-alkyl or cyclic N) is 1. The van der Waals surface area contributed by atoms with Crippen LogP contribution in [-0.4, -0.2) is 53.4 Å². The summed E-state index contributed by atoms with van der Waals surface area (Å²) in [6.07, 6.45) is 6.52. The molecule has 2 N–H and O–H groups in total. The number of rotatable bonds is 7. The minimum Gasteiger partial charge on any atom is -0.496 e. The van der Waals surface area contributed by atoms with Gasteiger partial charge in [-0.3, -0.25) is 4.90 Å². The average Bonchev–Trinajstić information content (AvgIpc) is 3.57. The van der Waals surface area contributed by atoms with Crippen LogP contribution in [0.5, 0.6) is 11.5 Å². The molecule has 1 saturated heterocycles. The molecule has 5 nitrogen and oxygen atoms in total. The van der Waals surface area contributed by atoms with Crippen LogP contribution in [0.2, 0.25) is 0 Å². The maximum Gasteiger partial charge on any atom is 0.128 e. The van der Waals surface area contributed by atoms with Gasteiger partial charge in [0.2, 0.25) is 0 Å². The number of hydrogen-bond acceptors (Lipinski definition) is 5. The number of hydrogen-bond donors (Lipinski definition) is 2. The van der Waals surface area contributed by atoms with Gasteiger partial charge in [0.15, 0.2) is 0 Å². The van der Waals surface area contributed by atoms with Gasteiger partial charge in [-0.25, -0.2) is 0 Å². The second kappa shape index (κ2) is 7.74. The van der Waals surface area contributed by atoms with Gasteiger partial charge in [0.05, 0.1) is 7.11 Å². The van der Waals surface area contributed by atoms with Crippen LogP contribution in [-0.2, 0) is 0 Å². The van der Waals surface area contributed by atoms with Crippen molar-refractivity contribution in [3.63, 3.8) is 0 Å². The van der Waals surface area contributed by atoms with Crippen molar-refractivity contribution in [1.29, 1.82) is 0 Å². The molecular weight excluding hydrogens is 444 g/mol. The number of fused-ring (bicyclic) bond motifs is 2. The highest BCUT2D eigenvalue weighted by atomic mass is 32.1. The smallest absolute Gasteiger partial charge is 0.128 e. The van der Waals surface area contributed by atoms with Crippen LogP contribution in [0.1, 0.15) is 36.5 Å². The molecule has 6 heteroatoms. The Morgan fingerprint density at radius 1 is 1.15 bits per heavy atom. The molecule has 34 heavy (non-hydrogen) atoms. The Labute approximate surface area is 203 Å². The molecule has 3 heterocycles. The monoisotopic (exact) mass is 474 g/mol. The maximum absolute atomic E-state index is 10.9. The topological polar surface area (TPSA) is 57.7 Å². The number of likely N-dealkylation sites (tertiary alicyclic amines) is 1. The Hall–Kier alpha value is -2.54. The van der Waals surface area contributed by atoms with Gasteiger partial charge in [-0.05, 0) is 68.0 Å². The Bertz CT molecular complexity index is 1360. The number of H-pyrrole nitrogens is 1. The third kappa shape index (κ3) is 2.98. The molecule has 1 aliphatic heterocycles. The third-order valence-corrected chi connectivity index (χ3v) is 9.98. The van der Waals surface area contributed by atoms with Crippen LogP contribution in [0.3, 0.4) is 0 Å². The number of nitrogens with zero attached hydrogens (tertiary/aromatic N) is 1. The summed E-state index contributed by atoms with van der Waals surface area (Å²) >= 11 is 1.93. The number of aromatic amines is 1. The summed E-state index contributed by atoms with van der Waals surface area (Å²) in [5, 5.41) is 13.2. The summed E-state index contributed by atoms with van der Waals surface area (Å²) in [5.74, 6) is 2.42. The molecule has 0 radical (unpaired) electrons. The second-order valence-electron chi connectivity index (χ2n) is 10.3. The lowest BCUT2D eigenvalue weighted by Crippen LogP contribution is -2.75. The van der Waals surface area contributed by atoms with Crippen LogP contribution in [0, 0.1) is 5.41 Å². The highest BCUT2D eigenvalue weighted by Gasteiger charge is 2.69. The van der Waals surface area contributed by atoms with Crippen LogP contribution in [0.15, 0.2) is 54.7 Å². The molecule has 2 aliphatic carbocycles. The van der Waals surface area contributed by atoms with Crippen molar-refractivity contribution in [2.24, 2.45) is 5.41 Å². The quantitative estimate of drug-likeness (QED) is 0.369. The van der Waals surface area contributed by atoms with Gasteiger partial charge in [0.1, 0.15) is 24.2 Å². The Kier molecular flexibility index (Phi) is 4.73. The van der Waals surface area contributed by atoms with Crippen LogP contribution >= 0.6 is 11.3 Å². The van der Waals surface area contributed by atoms with Crippen LogP contribution in [0.4, 0.5) is 0 Å². The van der Waals surface area contributed by atoms with Gasteiger partial charge in [0, 0.05) is 56.1 Å². The van der Waals surface area contributed by atoms with Crippen molar-refractivity contribution in [3.05, 3.63) is 59.6 Å². The first kappa shape index (κ1) is 20.8. The van der Waals surface area contributed by atoms with E-state index in [9.17, 15) is 5.11 Å². The fourth-order valence-electron chi connectivity index (χ4n) is 7.12. The van der Waals surface area contributed by atoms with Crippen LogP contribution < -0.4 is 9.47 Å². The first-order valence-corrected chi connectivity index (χ1v) is 13.2. The number of piperidine rings is 1. The van der Waals surface area contributed by atoms with E-state index in [1.54, 1.807) is 7.11 Å². The molecule has 176 valence electrons. The van der Waals surface area contributed by atoms with E-state index >= 15 is 0 Å². The third-order valence-electron chi connectivity index (χ3n) is 8.72. The van der Waals surface area contributed by atoms with E-state index < -0.39 is 6.10 Å². The summed E-state index contributed by atoms with van der Waals surface area (Å²) in [6, 6.07) is 18.0. The van der Waals surface area contributed by atoms with Crippen molar-refractivity contribution in [2.75, 3.05) is 20.3 Å². The van der Waals surface area contributed by atoms with Crippen LogP contribution in [0.25, 0.3) is 21.0 Å². The lowest BCUT2D eigenvalue weighted by atomic mass is 9.53. The minimum absolute atomic E-state index is 0.326. The zero-order valence-electron chi connectivity index (χ0n) is 19.4. The summed E-state index contributed by atoms with van der Waals surface area (Å²) < 4.78 is 13.0. The Morgan fingerprint density at radius 2 is 2.03 bits per heavy atom. The number of benzene rings is 2. The maximum atomic E-state index is 10.9. The van der Waals surface area contributed by atoms with E-state index in [4.69, 9.17) is 9.47 Å². The van der Waals surface area contributed by atoms with Gasteiger partial charge in [-0.1, -0.05) is 12.1 Å². The standard InChI is InChI=1S/C28H30N2O3S/c1-32-22-5-3-7-24-20(22)13-25(34-24)17-12-27-28(14-17)10-8-26(28)30(27)15-18(31)16-33-23-6-2-4-21-19(23)9-11-29-21/h2-7,9,11,13,17-18,26-27,29,31H,8,10,12,14-16H2,1H3. The molecule has 1 spiro atoms. The molecule has 2 saturated carbocycles. The largest absolute Gasteiger partial charge is 0.496 e. The number of methoxy groups -OCH3 is 1. The number of nitrogens with one attached hydrogen (secondary N) is 1. The van der Waals surface area contributed by atoms with Gasteiger partial charge in [0.25, 0.3) is 0 Å². The fraction of sp³-hybridized carbons (Fsp3) is 0.429. The van der Waals surface area contributed by atoms with E-state index in [2.05, 4.69) is 34.1 Å². The molecule has 7 rings (SSSR count). The van der Waals surface area contributed by atoms with Crippen molar-refractivity contribution < 1.29 is 14.6 Å². The summed E-state index contributed by atoms with van der Waals surface area (Å²) in [7, 11) is 1.76. The Morgan fingerprint density at radius 3 is 2.88 bits per heavy atom. The Balaban J connectivity index is 1.04. The summed E-state index contributed by atoms with van der Waals surface area (Å²) in [5.41, 5.74) is 1.53. The predicted octanol–water partition coefficient (Wildman–Crippen LogP) is 5.54. The number of aliphatic hydroxyl groups excluding tert-OH is 1. The summed E-state index contributed by atoms with van der Waals surface area (Å²) in [4.78, 5) is 7.30. The molecular formula is C28H30N2O3S. The van der Waals surface area contributed by atoms with Gasteiger partial charge >= 0.3 is 0 Å². The fourth-order valence-corrected chi connectivity index (χ4v) is 8.31. The van der Waals surface area contributed by atoms with Crippen molar-refractivity contribution in [2.45, 2.75) is 49.8 Å². The molecule has 2 aromatic heterocycles. The van der Waals surface area contributed by atoms with Crippen molar-refractivity contribution in [1.82, 2.24) is 9.88 Å². The number of aliphatic hydroxyl groups is 1. The first-order valence-electron chi connectivity index (χ1n) is 12.4. The summed E-state index contributed by atoms with van der Waals surface area (Å²) in [6.45, 7) is 1.03. The number of thiophene rings is 1. The van der Waals surface area contributed by atoms with Crippen molar-refractivity contribution in [3.8, 4) is 11.5 Å². The van der Waals surface area contributed by atoms with Crippen molar-refractivity contribution >= 4 is 32.3 Å². The van der Waals surface area contributed by atoms with E-state index in [0.717, 1.165) is 22.4 Å². The average molecular weight is 475 g/mol. The predicted molar refractivity (Wildman–Crippen MR) is 136 cm³/mol. The molecule has 4 aromatic rings. The second-order valence-corrected chi connectivity index (χ2v) is 11.4. The first-order chi connectivity index (χ1) is 16.7. The lowest BCUT2D eigenvalue weighted by molar-refractivity contribution is -0.198. The molecule has 0 amide bonds. The van der Waals surface area contributed by atoms with E-state index in [-0.39, 0.29) is 0 Å². The minimum atomic E-state index is -0.486. The molecule has 5 atom stereocenters. The molecule has 3 aliphatic rings. The number of ether oxygens (including phenoxy) is 2.